The monoisotopic (exact) mass is 782 g/mol. The SMILES string of the molecule is Cc1c[c-]c(-c2cc(C)c(C)cn2)cc1.Cc1ccc2ccc3c4cc[c-]c(-c5cc(CC(C)(C)C)c(C)cn5)c4oc3c2n1.[Ir]. The van der Waals surface area contributed by atoms with Crippen LogP contribution < -0.4 is 0 Å². The van der Waals surface area contributed by atoms with Crippen LogP contribution in [-0.4, -0.2) is 15.0 Å². The second-order valence-corrected chi connectivity index (χ2v) is 13.3. The average Bonchev–Trinajstić information content (AvgIpc) is 3.39. The van der Waals surface area contributed by atoms with Gasteiger partial charge in [-0.25, -0.2) is 4.98 Å². The first-order valence-corrected chi connectivity index (χ1v) is 15.5. The van der Waals surface area contributed by atoms with E-state index in [1.807, 2.05) is 37.5 Å². The molecule has 0 aliphatic heterocycles. The van der Waals surface area contributed by atoms with Crippen LogP contribution in [0.15, 0.2) is 83.5 Å². The van der Waals surface area contributed by atoms with Crippen molar-refractivity contribution in [2.75, 3.05) is 0 Å². The molecule has 4 heterocycles. The molecule has 1 radical (unpaired) electrons. The number of nitrogens with zero attached hydrogens (tertiary/aromatic N) is 3. The fourth-order valence-corrected chi connectivity index (χ4v) is 5.57. The van der Waals surface area contributed by atoms with Crippen molar-refractivity contribution < 1.29 is 24.5 Å². The summed E-state index contributed by atoms with van der Waals surface area (Å²) in [6, 6.07) is 29.5. The maximum Gasteiger partial charge on any atom is 0.147 e. The number of pyridine rings is 3. The fraction of sp³-hybridized carbons (Fsp3) is 0.244. The maximum atomic E-state index is 6.44. The molecule has 0 aliphatic rings. The molecular weight excluding hydrogens is 743 g/mol. The van der Waals surface area contributed by atoms with Gasteiger partial charge >= 0.3 is 0 Å². The number of aromatic nitrogens is 3. The molecule has 0 amide bonds. The number of furan rings is 1. The topological polar surface area (TPSA) is 51.8 Å². The summed E-state index contributed by atoms with van der Waals surface area (Å²) in [5.41, 5.74) is 13.9. The summed E-state index contributed by atoms with van der Waals surface area (Å²) in [4.78, 5) is 13.9. The van der Waals surface area contributed by atoms with Gasteiger partial charge in [0.05, 0.1) is 5.58 Å². The van der Waals surface area contributed by atoms with Gasteiger partial charge in [0.25, 0.3) is 0 Å². The molecule has 3 aromatic carbocycles. The first-order valence-electron chi connectivity index (χ1n) is 15.5. The van der Waals surface area contributed by atoms with Crippen LogP contribution in [0.4, 0.5) is 0 Å². The Morgan fingerprint density at radius 1 is 0.717 bits per heavy atom. The Bertz CT molecular complexity index is 2170. The molecule has 7 aromatic rings. The molecule has 0 saturated heterocycles. The van der Waals surface area contributed by atoms with Gasteiger partial charge in [-0.1, -0.05) is 80.1 Å². The minimum absolute atomic E-state index is 0. The van der Waals surface area contributed by atoms with E-state index < -0.39 is 0 Å². The Kier molecular flexibility index (Phi) is 9.58. The minimum Gasteiger partial charge on any atom is -0.498 e. The fourth-order valence-electron chi connectivity index (χ4n) is 5.57. The van der Waals surface area contributed by atoms with Crippen molar-refractivity contribution in [3.8, 4) is 22.5 Å². The molecule has 235 valence electrons. The van der Waals surface area contributed by atoms with Gasteiger partial charge in [0, 0.05) is 49.0 Å². The van der Waals surface area contributed by atoms with Crippen molar-refractivity contribution in [1.29, 1.82) is 0 Å². The molecule has 0 spiro atoms. The van der Waals surface area contributed by atoms with Crippen LogP contribution in [0, 0.1) is 52.2 Å². The van der Waals surface area contributed by atoms with Crippen molar-refractivity contribution in [2.45, 2.75) is 61.8 Å². The standard InChI is InChI=1S/C27H25N2O.C14H14N.Ir/c1-16-15-28-23(13-19(16)14-27(3,4)5)22-8-6-7-20-21-12-11-18-10-9-17(2)29-24(18)26(21)30-25(20)22;1-10-4-6-13(7-5-10)14-8-11(2)12(3)9-15-14;/h6-7,9-13,15H,14H2,1-5H3;4-6,8-9H,1-3H3;/q2*-1;. The van der Waals surface area contributed by atoms with Gasteiger partial charge in [0.15, 0.2) is 0 Å². The second-order valence-electron chi connectivity index (χ2n) is 13.3. The van der Waals surface area contributed by atoms with Crippen molar-refractivity contribution in [2.24, 2.45) is 5.41 Å². The normalized spacial score (nSPS) is 11.4. The second kappa shape index (κ2) is 13.3. The molecule has 4 nitrogen and oxygen atoms in total. The average molecular weight is 782 g/mol. The predicted molar refractivity (Wildman–Crippen MR) is 186 cm³/mol. The first kappa shape index (κ1) is 33.2. The minimum atomic E-state index is 0. The molecule has 0 atom stereocenters. The third kappa shape index (κ3) is 6.96. The van der Waals surface area contributed by atoms with E-state index in [0.717, 1.165) is 67.5 Å². The van der Waals surface area contributed by atoms with E-state index in [9.17, 15) is 0 Å². The predicted octanol–water partition coefficient (Wildman–Crippen LogP) is 10.7. The van der Waals surface area contributed by atoms with E-state index in [0.29, 0.717) is 0 Å². The number of hydrogen-bond acceptors (Lipinski definition) is 4. The number of benzene rings is 3. The van der Waals surface area contributed by atoms with Gasteiger partial charge in [-0.15, -0.1) is 53.6 Å². The van der Waals surface area contributed by atoms with E-state index in [1.165, 1.54) is 27.8 Å². The van der Waals surface area contributed by atoms with Crippen molar-refractivity contribution in [3.63, 3.8) is 0 Å². The van der Waals surface area contributed by atoms with E-state index in [1.54, 1.807) is 0 Å². The molecule has 0 saturated carbocycles. The third-order valence-corrected chi connectivity index (χ3v) is 8.21. The van der Waals surface area contributed by atoms with E-state index in [4.69, 9.17) is 14.4 Å². The Morgan fingerprint density at radius 2 is 1.43 bits per heavy atom. The van der Waals surface area contributed by atoms with Crippen LogP contribution in [0.25, 0.3) is 55.4 Å². The van der Waals surface area contributed by atoms with Crippen LogP contribution in [-0.2, 0) is 26.5 Å². The Balaban J connectivity index is 0.000000220. The van der Waals surface area contributed by atoms with Gasteiger partial charge in [-0.2, -0.15) is 0 Å². The quantitative estimate of drug-likeness (QED) is 0.168. The summed E-state index contributed by atoms with van der Waals surface area (Å²) >= 11 is 0. The van der Waals surface area contributed by atoms with E-state index >= 15 is 0 Å². The van der Waals surface area contributed by atoms with Crippen LogP contribution in [0.1, 0.15) is 54.3 Å². The van der Waals surface area contributed by atoms with Crippen molar-refractivity contribution in [1.82, 2.24) is 15.0 Å². The summed E-state index contributed by atoms with van der Waals surface area (Å²) in [7, 11) is 0. The maximum absolute atomic E-state index is 6.44. The largest absolute Gasteiger partial charge is 0.498 e. The first-order chi connectivity index (χ1) is 21.5. The third-order valence-electron chi connectivity index (χ3n) is 8.21. The number of fused-ring (bicyclic) bond motifs is 5. The van der Waals surface area contributed by atoms with Gasteiger partial charge in [-0.05, 0) is 68.1 Å². The van der Waals surface area contributed by atoms with Crippen LogP contribution in [0.3, 0.4) is 0 Å². The summed E-state index contributed by atoms with van der Waals surface area (Å²) in [6.45, 7) is 17.2. The molecule has 0 N–H and O–H groups in total. The zero-order valence-electron chi connectivity index (χ0n) is 27.8. The molecule has 0 aliphatic carbocycles. The number of aryl methyl sites for hydroxylation is 5. The Morgan fingerprint density at radius 3 is 2.15 bits per heavy atom. The summed E-state index contributed by atoms with van der Waals surface area (Å²) < 4.78 is 6.44. The van der Waals surface area contributed by atoms with E-state index in [-0.39, 0.29) is 25.5 Å². The molecule has 0 fully saturated rings. The zero-order chi connectivity index (χ0) is 31.9. The summed E-state index contributed by atoms with van der Waals surface area (Å²) in [5, 5.41) is 3.23. The molecular formula is C41H39IrN3O-2. The smallest absolute Gasteiger partial charge is 0.147 e. The Labute approximate surface area is 285 Å². The van der Waals surface area contributed by atoms with Crippen molar-refractivity contribution >= 4 is 32.8 Å². The van der Waals surface area contributed by atoms with Gasteiger partial charge in [-0.3, -0.25) is 0 Å². The van der Waals surface area contributed by atoms with Crippen LogP contribution in [0.2, 0.25) is 0 Å². The molecule has 0 bridgehead atoms. The van der Waals surface area contributed by atoms with Gasteiger partial charge < -0.3 is 14.4 Å². The van der Waals surface area contributed by atoms with Crippen LogP contribution >= 0.6 is 0 Å². The molecule has 46 heavy (non-hydrogen) atoms. The van der Waals surface area contributed by atoms with Crippen LogP contribution in [0.5, 0.6) is 0 Å². The molecule has 7 rings (SSSR count). The van der Waals surface area contributed by atoms with Crippen molar-refractivity contribution in [3.05, 3.63) is 125 Å². The molecule has 5 heteroatoms. The summed E-state index contributed by atoms with van der Waals surface area (Å²) in [6.07, 6.45) is 4.88. The zero-order valence-corrected chi connectivity index (χ0v) is 30.2. The molecule has 0 unspecified atom stereocenters. The Hall–Kier alpha value is -4.18. The van der Waals surface area contributed by atoms with E-state index in [2.05, 4.69) is 114 Å². The number of hydrogen-bond donors (Lipinski definition) is 0. The number of rotatable bonds is 3. The van der Waals surface area contributed by atoms with Gasteiger partial charge in [0.1, 0.15) is 11.1 Å². The van der Waals surface area contributed by atoms with Gasteiger partial charge in [0.2, 0.25) is 0 Å². The summed E-state index contributed by atoms with van der Waals surface area (Å²) in [5.74, 6) is 0. The molecule has 4 aromatic heterocycles.